The number of carbonyl (C=O) groups excluding carboxylic acids is 1. The average molecular weight is 491 g/mol. The highest BCUT2D eigenvalue weighted by Crippen LogP contribution is 2.29. The summed E-state index contributed by atoms with van der Waals surface area (Å²) in [6.07, 6.45) is 1.52. The van der Waals surface area contributed by atoms with Gasteiger partial charge in [-0.15, -0.1) is 0 Å². The van der Waals surface area contributed by atoms with Gasteiger partial charge in [0.1, 0.15) is 11.5 Å². The molecular weight excluding hydrogens is 464 g/mol. The van der Waals surface area contributed by atoms with Gasteiger partial charge >= 0.3 is 0 Å². The van der Waals surface area contributed by atoms with E-state index in [0.29, 0.717) is 17.1 Å². The average Bonchev–Trinajstić information content (AvgIpc) is 3.38. The molecule has 0 aliphatic rings. The molecule has 1 heterocycles. The van der Waals surface area contributed by atoms with Crippen LogP contribution in [0.3, 0.4) is 0 Å². The van der Waals surface area contributed by atoms with Crippen molar-refractivity contribution in [3.05, 3.63) is 108 Å². The Hall–Kier alpha value is -4.91. The molecule has 4 aromatic carbocycles. The molecule has 0 radical (unpaired) electrons. The number of fused-ring (bicyclic) bond motifs is 1. The van der Waals surface area contributed by atoms with E-state index >= 15 is 0 Å². The van der Waals surface area contributed by atoms with E-state index in [2.05, 4.69) is 39.9 Å². The highest BCUT2D eigenvalue weighted by atomic mass is 16.5. The molecule has 0 atom stereocenters. The van der Waals surface area contributed by atoms with Crippen LogP contribution in [0.2, 0.25) is 0 Å². The highest BCUT2D eigenvalue weighted by molar-refractivity contribution is 5.95. The molecule has 0 bridgehead atoms. The zero-order valence-electron chi connectivity index (χ0n) is 20.8. The predicted molar refractivity (Wildman–Crippen MR) is 146 cm³/mol. The van der Waals surface area contributed by atoms with E-state index in [0.717, 1.165) is 33.3 Å². The molecule has 1 amide bonds. The summed E-state index contributed by atoms with van der Waals surface area (Å²) in [6, 6.07) is 29.5. The van der Waals surface area contributed by atoms with Crippen molar-refractivity contribution < 1.29 is 14.3 Å². The second kappa shape index (κ2) is 10.4. The van der Waals surface area contributed by atoms with Crippen LogP contribution in [0.1, 0.15) is 21.6 Å². The lowest BCUT2D eigenvalue weighted by atomic mass is 10.0. The lowest BCUT2D eigenvalue weighted by Crippen LogP contribution is -2.18. The van der Waals surface area contributed by atoms with Crippen molar-refractivity contribution in [2.45, 2.75) is 6.92 Å². The molecule has 1 N–H and O–H groups in total. The van der Waals surface area contributed by atoms with Gasteiger partial charge in [-0.2, -0.15) is 10.2 Å². The normalized spacial score (nSPS) is 11.1. The first-order chi connectivity index (χ1) is 18.1. The number of ether oxygens (including phenoxy) is 2. The molecule has 37 heavy (non-hydrogen) atoms. The lowest BCUT2D eigenvalue weighted by Gasteiger charge is -2.11. The number of hydrogen-bond acceptors (Lipinski definition) is 5. The number of aromatic nitrogens is 2. The van der Waals surface area contributed by atoms with Crippen molar-refractivity contribution in [2.75, 3.05) is 14.2 Å². The van der Waals surface area contributed by atoms with Crippen LogP contribution in [-0.2, 0) is 0 Å². The number of aryl methyl sites for hydroxylation is 1. The zero-order chi connectivity index (χ0) is 25.8. The topological polar surface area (TPSA) is 77.7 Å². The number of methoxy groups -OCH3 is 2. The Labute approximate surface area is 215 Å². The quantitative estimate of drug-likeness (QED) is 0.232. The molecule has 0 saturated carbocycles. The molecule has 0 aliphatic carbocycles. The van der Waals surface area contributed by atoms with Crippen molar-refractivity contribution in [1.29, 1.82) is 0 Å². The van der Waals surface area contributed by atoms with Gasteiger partial charge in [0.15, 0.2) is 5.69 Å². The van der Waals surface area contributed by atoms with Crippen LogP contribution in [0.25, 0.3) is 27.7 Å². The molecule has 1 aromatic heterocycles. The highest BCUT2D eigenvalue weighted by Gasteiger charge is 2.18. The molecular formula is C30H26N4O3. The minimum absolute atomic E-state index is 0.251. The number of nitrogens with zero attached hydrogens (tertiary/aromatic N) is 3. The van der Waals surface area contributed by atoms with Gasteiger partial charge in [-0.3, -0.25) is 4.79 Å². The number of nitrogens with one attached hydrogen (secondary N) is 1. The van der Waals surface area contributed by atoms with Crippen LogP contribution in [-0.4, -0.2) is 36.1 Å². The van der Waals surface area contributed by atoms with E-state index in [1.54, 1.807) is 38.5 Å². The Morgan fingerprint density at radius 3 is 2.46 bits per heavy atom. The minimum atomic E-state index is -0.424. The van der Waals surface area contributed by atoms with E-state index in [-0.39, 0.29) is 5.69 Å². The van der Waals surface area contributed by atoms with Crippen molar-refractivity contribution in [3.8, 4) is 28.4 Å². The molecule has 184 valence electrons. The van der Waals surface area contributed by atoms with Crippen LogP contribution in [0.15, 0.2) is 96.1 Å². The van der Waals surface area contributed by atoms with Gasteiger partial charge in [0.05, 0.1) is 31.8 Å². The number of hydrogen-bond donors (Lipinski definition) is 1. The van der Waals surface area contributed by atoms with E-state index < -0.39 is 5.91 Å². The molecule has 0 unspecified atom stereocenters. The number of amides is 1. The van der Waals surface area contributed by atoms with Crippen molar-refractivity contribution in [3.63, 3.8) is 0 Å². The smallest absolute Gasteiger partial charge is 0.291 e. The number of hydrazone groups is 1. The van der Waals surface area contributed by atoms with Gasteiger partial charge in [0.25, 0.3) is 5.91 Å². The third kappa shape index (κ3) is 4.92. The van der Waals surface area contributed by atoms with Gasteiger partial charge in [0.2, 0.25) is 0 Å². The summed E-state index contributed by atoms with van der Waals surface area (Å²) in [7, 11) is 3.16. The van der Waals surface area contributed by atoms with Crippen LogP contribution in [0, 0.1) is 6.92 Å². The predicted octanol–water partition coefficient (Wildman–Crippen LogP) is 5.78. The van der Waals surface area contributed by atoms with Crippen molar-refractivity contribution in [2.24, 2.45) is 5.10 Å². The molecule has 0 spiro atoms. The SMILES string of the molecule is COc1ccc(OC)c(/C=N\NC(=O)c2cc(-c3ccc4ccccc4c3)n(-c3ccccc3C)n2)c1. The third-order valence-corrected chi connectivity index (χ3v) is 6.14. The number of carbonyl (C=O) groups is 1. The van der Waals surface area contributed by atoms with Gasteiger partial charge in [-0.1, -0.05) is 54.6 Å². The Balaban J connectivity index is 1.50. The van der Waals surface area contributed by atoms with Crippen LogP contribution >= 0.6 is 0 Å². The first-order valence-electron chi connectivity index (χ1n) is 11.8. The summed E-state index contributed by atoms with van der Waals surface area (Å²) in [6.45, 7) is 2.02. The number of para-hydroxylation sites is 1. The van der Waals surface area contributed by atoms with Crippen molar-refractivity contribution in [1.82, 2.24) is 15.2 Å². The Morgan fingerprint density at radius 2 is 1.68 bits per heavy atom. The molecule has 5 aromatic rings. The maximum Gasteiger partial charge on any atom is 0.291 e. The molecule has 5 rings (SSSR count). The fraction of sp³-hybridized carbons (Fsp3) is 0.100. The largest absolute Gasteiger partial charge is 0.497 e. The first kappa shape index (κ1) is 23.8. The minimum Gasteiger partial charge on any atom is -0.497 e. The summed E-state index contributed by atoms with van der Waals surface area (Å²) in [5.41, 5.74) is 7.21. The Morgan fingerprint density at radius 1 is 0.892 bits per heavy atom. The van der Waals surface area contributed by atoms with Crippen LogP contribution < -0.4 is 14.9 Å². The van der Waals surface area contributed by atoms with E-state index in [9.17, 15) is 4.79 Å². The number of rotatable bonds is 7. The first-order valence-corrected chi connectivity index (χ1v) is 11.8. The summed E-state index contributed by atoms with van der Waals surface area (Å²) < 4.78 is 12.4. The zero-order valence-corrected chi connectivity index (χ0v) is 20.8. The maximum absolute atomic E-state index is 13.1. The van der Waals surface area contributed by atoms with Gasteiger partial charge in [0, 0.05) is 11.1 Å². The molecule has 0 aliphatic heterocycles. The van der Waals surface area contributed by atoms with E-state index in [4.69, 9.17) is 9.47 Å². The Kier molecular flexibility index (Phi) is 6.68. The summed E-state index contributed by atoms with van der Waals surface area (Å²) >= 11 is 0. The maximum atomic E-state index is 13.1. The number of benzene rings is 4. The summed E-state index contributed by atoms with van der Waals surface area (Å²) in [5.74, 6) is 0.847. The van der Waals surface area contributed by atoms with Gasteiger partial charge < -0.3 is 9.47 Å². The molecule has 0 saturated heterocycles. The van der Waals surface area contributed by atoms with E-state index in [1.165, 1.54) is 6.21 Å². The molecule has 0 fully saturated rings. The second-order valence-electron chi connectivity index (χ2n) is 8.48. The second-order valence-corrected chi connectivity index (χ2v) is 8.48. The van der Waals surface area contributed by atoms with Gasteiger partial charge in [-0.25, -0.2) is 10.1 Å². The lowest BCUT2D eigenvalue weighted by molar-refractivity contribution is 0.0949. The fourth-order valence-corrected chi connectivity index (χ4v) is 4.19. The molecule has 7 nitrogen and oxygen atoms in total. The monoisotopic (exact) mass is 490 g/mol. The Bertz CT molecular complexity index is 1620. The fourth-order valence-electron chi connectivity index (χ4n) is 4.19. The molecule has 7 heteroatoms. The van der Waals surface area contributed by atoms with Gasteiger partial charge in [-0.05, 0) is 59.7 Å². The summed E-state index contributed by atoms with van der Waals surface area (Å²) in [4.78, 5) is 13.1. The van der Waals surface area contributed by atoms with E-state index in [1.807, 2.05) is 54.1 Å². The van der Waals surface area contributed by atoms with Crippen LogP contribution in [0.5, 0.6) is 11.5 Å². The van der Waals surface area contributed by atoms with Crippen molar-refractivity contribution >= 4 is 22.9 Å². The standard InChI is InChI=1S/C30H26N4O3/c1-20-8-4-7-11-27(20)34-28(23-13-12-21-9-5-6-10-22(21)16-23)18-26(33-34)30(35)32-31-19-24-17-25(36-2)14-15-29(24)37-3/h4-19H,1-3H3,(H,32,35)/b31-19-. The summed E-state index contributed by atoms with van der Waals surface area (Å²) in [5, 5.41) is 11.1. The van der Waals surface area contributed by atoms with Crippen LogP contribution in [0.4, 0.5) is 0 Å². The third-order valence-electron chi connectivity index (χ3n) is 6.14.